The molecule has 0 bridgehead atoms. The smallest absolute Gasteiger partial charge is 0.327 e. The van der Waals surface area contributed by atoms with Crippen molar-refractivity contribution in [3.05, 3.63) is 48.0 Å². The second-order valence-electron chi connectivity index (χ2n) is 4.18. The third-order valence-electron chi connectivity index (χ3n) is 2.69. The number of unbranched alkanes of at least 4 members (excludes halogenated alkanes) is 4. The molecule has 0 saturated heterocycles. The summed E-state index contributed by atoms with van der Waals surface area (Å²) in [5.41, 5.74) is 1.40. The second kappa shape index (κ2) is 8.57. The number of hydrogen-bond donors (Lipinski definition) is 1. The largest absolute Gasteiger partial charge is 0.478 e. The fraction of sp³-hybridized carbons (Fsp3) is 0.400. The number of hydrogen-bond acceptors (Lipinski definition) is 1. The van der Waals surface area contributed by atoms with Gasteiger partial charge in [-0.2, -0.15) is 0 Å². The van der Waals surface area contributed by atoms with E-state index in [1.54, 1.807) is 6.08 Å². The van der Waals surface area contributed by atoms with Crippen LogP contribution in [0.4, 0.5) is 0 Å². The highest BCUT2D eigenvalue weighted by molar-refractivity contribution is 5.79. The second-order valence-corrected chi connectivity index (χ2v) is 4.18. The Morgan fingerprint density at radius 2 is 1.76 bits per heavy atom. The fourth-order valence-corrected chi connectivity index (χ4v) is 1.77. The molecule has 1 aromatic rings. The van der Waals surface area contributed by atoms with E-state index in [4.69, 9.17) is 5.11 Å². The normalized spacial score (nSPS) is 10.8. The predicted octanol–water partition coefficient (Wildman–Crippen LogP) is 3.82. The van der Waals surface area contributed by atoms with Gasteiger partial charge >= 0.3 is 5.97 Å². The number of carbonyl (C=O) groups is 1. The number of carboxylic acids is 1. The van der Waals surface area contributed by atoms with E-state index in [1.807, 2.05) is 6.07 Å². The first-order valence-corrected chi connectivity index (χ1v) is 6.22. The van der Waals surface area contributed by atoms with Crippen molar-refractivity contribution < 1.29 is 9.90 Å². The minimum Gasteiger partial charge on any atom is -0.478 e. The minimum atomic E-state index is -0.853. The summed E-state index contributed by atoms with van der Waals surface area (Å²) in [4.78, 5) is 10.2. The third kappa shape index (κ3) is 7.34. The van der Waals surface area contributed by atoms with Gasteiger partial charge in [-0.15, -0.1) is 0 Å². The standard InChI is InChI=1S/C15H20O2/c16-15(17)13-9-4-2-1-3-6-10-14-11-7-5-8-12-14/h5,7-9,11-13H,1-4,6,10H2,(H,16,17)/b13-9+. The zero-order chi connectivity index (χ0) is 12.3. The van der Waals surface area contributed by atoms with Gasteiger partial charge < -0.3 is 5.11 Å². The molecule has 0 aliphatic heterocycles. The topological polar surface area (TPSA) is 37.3 Å². The van der Waals surface area contributed by atoms with Crippen molar-refractivity contribution in [3.63, 3.8) is 0 Å². The highest BCUT2D eigenvalue weighted by Crippen LogP contribution is 2.08. The van der Waals surface area contributed by atoms with Gasteiger partial charge in [0.1, 0.15) is 0 Å². The Balaban J connectivity index is 1.96. The lowest BCUT2D eigenvalue weighted by Crippen LogP contribution is -1.86. The van der Waals surface area contributed by atoms with Crippen molar-refractivity contribution in [2.45, 2.75) is 38.5 Å². The van der Waals surface area contributed by atoms with E-state index in [1.165, 1.54) is 30.9 Å². The van der Waals surface area contributed by atoms with Gasteiger partial charge in [0, 0.05) is 6.08 Å². The van der Waals surface area contributed by atoms with Crippen molar-refractivity contribution in [1.29, 1.82) is 0 Å². The van der Waals surface area contributed by atoms with Crippen LogP contribution in [0.5, 0.6) is 0 Å². The minimum absolute atomic E-state index is 0.853. The van der Waals surface area contributed by atoms with Gasteiger partial charge in [-0.1, -0.05) is 49.2 Å². The summed E-state index contributed by atoms with van der Waals surface area (Å²) in [6, 6.07) is 10.5. The Morgan fingerprint density at radius 1 is 1.06 bits per heavy atom. The van der Waals surface area contributed by atoms with Gasteiger partial charge in [0.15, 0.2) is 0 Å². The van der Waals surface area contributed by atoms with Crippen LogP contribution in [0.1, 0.15) is 37.7 Å². The van der Waals surface area contributed by atoms with Crippen molar-refractivity contribution in [2.24, 2.45) is 0 Å². The van der Waals surface area contributed by atoms with Crippen molar-refractivity contribution in [3.8, 4) is 0 Å². The molecule has 0 saturated carbocycles. The molecule has 0 aliphatic carbocycles. The van der Waals surface area contributed by atoms with Crippen molar-refractivity contribution in [2.75, 3.05) is 0 Å². The molecule has 0 radical (unpaired) electrons. The molecule has 2 heteroatoms. The quantitative estimate of drug-likeness (QED) is 0.546. The van der Waals surface area contributed by atoms with E-state index >= 15 is 0 Å². The highest BCUT2D eigenvalue weighted by atomic mass is 16.4. The van der Waals surface area contributed by atoms with Crippen LogP contribution in [-0.2, 0) is 11.2 Å². The summed E-state index contributed by atoms with van der Waals surface area (Å²) < 4.78 is 0. The molecule has 0 amide bonds. The SMILES string of the molecule is O=C(O)/C=C/CCCCCCc1ccccc1. The number of aryl methyl sites for hydroxylation is 1. The van der Waals surface area contributed by atoms with Gasteiger partial charge in [0.05, 0.1) is 0 Å². The molecule has 1 N–H and O–H groups in total. The number of rotatable bonds is 8. The molecule has 0 fully saturated rings. The molecule has 0 aromatic heterocycles. The molecule has 0 atom stereocenters. The average Bonchev–Trinajstić information content (AvgIpc) is 2.33. The summed E-state index contributed by atoms with van der Waals surface area (Å²) in [6.07, 6.45) is 9.67. The maximum atomic E-state index is 10.2. The number of allylic oxidation sites excluding steroid dienone is 1. The molecule has 1 aromatic carbocycles. The maximum absolute atomic E-state index is 10.2. The summed E-state index contributed by atoms with van der Waals surface area (Å²) in [5.74, 6) is -0.853. The van der Waals surface area contributed by atoms with Crippen LogP contribution in [0.15, 0.2) is 42.5 Å². The summed E-state index contributed by atoms with van der Waals surface area (Å²) >= 11 is 0. The summed E-state index contributed by atoms with van der Waals surface area (Å²) in [7, 11) is 0. The van der Waals surface area contributed by atoms with Crippen LogP contribution in [0.2, 0.25) is 0 Å². The van der Waals surface area contributed by atoms with Crippen molar-refractivity contribution >= 4 is 5.97 Å². The van der Waals surface area contributed by atoms with Crippen LogP contribution < -0.4 is 0 Å². The third-order valence-corrected chi connectivity index (χ3v) is 2.69. The van der Waals surface area contributed by atoms with Gasteiger partial charge in [-0.3, -0.25) is 0 Å². The Hall–Kier alpha value is -1.57. The summed E-state index contributed by atoms with van der Waals surface area (Å²) in [6.45, 7) is 0. The zero-order valence-electron chi connectivity index (χ0n) is 10.1. The predicted molar refractivity (Wildman–Crippen MR) is 70.0 cm³/mol. The lowest BCUT2D eigenvalue weighted by Gasteiger charge is -2.00. The van der Waals surface area contributed by atoms with E-state index in [0.717, 1.165) is 19.3 Å². The Morgan fingerprint density at radius 3 is 2.47 bits per heavy atom. The average molecular weight is 232 g/mol. The van der Waals surface area contributed by atoms with E-state index in [-0.39, 0.29) is 0 Å². The maximum Gasteiger partial charge on any atom is 0.327 e. The Bertz CT molecular complexity index is 341. The van der Waals surface area contributed by atoms with Crippen LogP contribution in [0.25, 0.3) is 0 Å². The molecular formula is C15H20O2. The Labute approximate surface area is 103 Å². The van der Waals surface area contributed by atoms with Crippen LogP contribution in [0.3, 0.4) is 0 Å². The molecule has 2 nitrogen and oxygen atoms in total. The lowest BCUT2D eigenvalue weighted by molar-refractivity contribution is -0.131. The van der Waals surface area contributed by atoms with Crippen LogP contribution >= 0.6 is 0 Å². The first-order valence-electron chi connectivity index (χ1n) is 6.22. The van der Waals surface area contributed by atoms with Gasteiger partial charge in [0.2, 0.25) is 0 Å². The first kappa shape index (κ1) is 13.5. The molecule has 0 heterocycles. The molecule has 0 unspecified atom stereocenters. The molecule has 0 aliphatic rings. The van der Waals surface area contributed by atoms with E-state index in [9.17, 15) is 4.79 Å². The molecule has 92 valence electrons. The monoisotopic (exact) mass is 232 g/mol. The van der Waals surface area contributed by atoms with Gasteiger partial charge in [-0.05, 0) is 31.2 Å². The number of benzene rings is 1. The van der Waals surface area contributed by atoms with Gasteiger partial charge in [0.25, 0.3) is 0 Å². The lowest BCUT2D eigenvalue weighted by atomic mass is 10.1. The fourth-order valence-electron chi connectivity index (χ4n) is 1.77. The van der Waals surface area contributed by atoms with Crippen molar-refractivity contribution in [1.82, 2.24) is 0 Å². The first-order chi connectivity index (χ1) is 8.29. The van der Waals surface area contributed by atoms with E-state index in [2.05, 4.69) is 24.3 Å². The molecule has 1 rings (SSSR count). The van der Waals surface area contributed by atoms with Gasteiger partial charge in [-0.25, -0.2) is 4.79 Å². The summed E-state index contributed by atoms with van der Waals surface area (Å²) in [5, 5.41) is 8.39. The number of aliphatic carboxylic acids is 1. The van der Waals surface area contributed by atoms with E-state index < -0.39 is 5.97 Å². The number of carboxylic acid groups (broad SMARTS) is 1. The zero-order valence-corrected chi connectivity index (χ0v) is 10.1. The van der Waals surface area contributed by atoms with Crippen LogP contribution in [-0.4, -0.2) is 11.1 Å². The molecular weight excluding hydrogens is 212 g/mol. The Kier molecular flexibility index (Phi) is 6.80. The van der Waals surface area contributed by atoms with E-state index in [0.29, 0.717) is 0 Å². The molecule has 0 spiro atoms. The molecule has 17 heavy (non-hydrogen) atoms. The highest BCUT2D eigenvalue weighted by Gasteiger charge is 1.92. The van der Waals surface area contributed by atoms with Crippen LogP contribution in [0, 0.1) is 0 Å².